The SMILES string of the molecule is CC(C)Cc1nnc(NC(=O)N[C@@H](CC(N)=O)C(=O)O)s1. The van der Waals surface area contributed by atoms with Gasteiger partial charge in [-0.1, -0.05) is 25.2 Å². The second-order valence-electron chi connectivity index (χ2n) is 4.76. The summed E-state index contributed by atoms with van der Waals surface area (Å²) in [5, 5.41) is 22.1. The standard InChI is InChI=1S/C11H17N5O4S/c1-5(2)3-8-15-16-11(21-8)14-10(20)13-6(9(18)19)4-7(12)17/h5-6H,3-4H2,1-2H3,(H2,12,17)(H,18,19)(H2,13,14,16,20)/t6-/m0/s1. The number of anilines is 1. The van der Waals surface area contributed by atoms with Gasteiger partial charge in [0.2, 0.25) is 11.0 Å². The first-order valence-corrected chi connectivity index (χ1v) is 7.00. The van der Waals surface area contributed by atoms with Crippen molar-refractivity contribution in [1.29, 1.82) is 0 Å². The number of carbonyl (C=O) groups excluding carboxylic acids is 2. The van der Waals surface area contributed by atoms with Crippen molar-refractivity contribution in [3.8, 4) is 0 Å². The van der Waals surface area contributed by atoms with Crippen molar-refractivity contribution in [3.05, 3.63) is 5.01 Å². The Morgan fingerprint density at radius 1 is 1.33 bits per heavy atom. The number of hydrogen-bond donors (Lipinski definition) is 4. The highest BCUT2D eigenvalue weighted by Gasteiger charge is 2.22. The van der Waals surface area contributed by atoms with Crippen molar-refractivity contribution >= 4 is 34.4 Å². The average Bonchev–Trinajstić information content (AvgIpc) is 2.73. The van der Waals surface area contributed by atoms with E-state index < -0.39 is 30.4 Å². The van der Waals surface area contributed by atoms with E-state index in [-0.39, 0.29) is 5.13 Å². The van der Waals surface area contributed by atoms with Gasteiger partial charge in [0.05, 0.1) is 6.42 Å². The lowest BCUT2D eigenvalue weighted by atomic mass is 10.1. The van der Waals surface area contributed by atoms with E-state index in [2.05, 4.69) is 20.8 Å². The van der Waals surface area contributed by atoms with Gasteiger partial charge >= 0.3 is 12.0 Å². The van der Waals surface area contributed by atoms with E-state index in [9.17, 15) is 14.4 Å². The summed E-state index contributed by atoms with van der Waals surface area (Å²) in [6.07, 6.45) is 0.248. The second kappa shape index (κ2) is 7.53. The number of aromatic nitrogens is 2. The number of rotatable bonds is 7. The molecule has 1 rings (SSSR count). The van der Waals surface area contributed by atoms with Crippen LogP contribution in [0.5, 0.6) is 0 Å². The number of primary amides is 1. The molecule has 0 radical (unpaired) electrons. The van der Waals surface area contributed by atoms with Crippen LogP contribution in [-0.2, 0) is 16.0 Å². The fraction of sp³-hybridized carbons (Fsp3) is 0.545. The van der Waals surface area contributed by atoms with Crippen molar-refractivity contribution in [2.24, 2.45) is 11.7 Å². The van der Waals surface area contributed by atoms with Crippen LogP contribution in [0.25, 0.3) is 0 Å². The molecule has 1 aromatic rings. The first kappa shape index (κ1) is 16.8. The molecular weight excluding hydrogens is 298 g/mol. The Balaban J connectivity index is 2.57. The quantitative estimate of drug-likeness (QED) is 0.564. The number of nitrogens with one attached hydrogen (secondary N) is 2. The summed E-state index contributed by atoms with van der Waals surface area (Å²) in [5.41, 5.74) is 4.91. The summed E-state index contributed by atoms with van der Waals surface area (Å²) < 4.78 is 0. The van der Waals surface area contributed by atoms with Crippen LogP contribution in [0.15, 0.2) is 0 Å². The van der Waals surface area contributed by atoms with E-state index in [4.69, 9.17) is 10.8 Å². The Bertz CT molecular complexity index is 530. The van der Waals surface area contributed by atoms with Gasteiger partial charge in [0.25, 0.3) is 0 Å². The van der Waals surface area contributed by atoms with Crippen LogP contribution in [0.2, 0.25) is 0 Å². The molecule has 0 fully saturated rings. The zero-order valence-corrected chi connectivity index (χ0v) is 12.4. The number of aliphatic carboxylic acids is 1. The zero-order valence-electron chi connectivity index (χ0n) is 11.6. The number of carboxylic acids is 1. The summed E-state index contributed by atoms with van der Waals surface area (Å²) in [5.74, 6) is -1.76. The number of urea groups is 1. The van der Waals surface area contributed by atoms with E-state index >= 15 is 0 Å². The number of carbonyl (C=O) groups is 3. The van der Waals surface area contributed by atoms with Gasteiger partial charge in [0.1, 0.15) is 11.0 Å². The average molecular weight is 315 g/mol. The minimum Gasteiger partial charge on any atom is -0.480 e. The van der Waals surface area contributed by atoms with E-state index in [0.29, 0.717) is 5.92 Å². The van der Waals surface area contributed by atoms with Crippen molar-refractivity contribution in [2.75, 3.05) is 5.32 Å². The predicted molar refractivity (Wildman–Crippen MR) is 75.8 cm³/mol. The Kier molecular flexibility index (Phi) is 6.03. The van der Waals surface area contributed by atoms with Crippen LogP contribution in [0, 0.1) is 5.92 Å². The molecule has 9 nitrogen and oxygen atoms in total. The molecule has 0 aliphatic rings. The summed E-state index contributed by atoms with van der Waals surface area (Å²) >= 11 is 1.21. The maximum Gasteiger partial charge on any atom is 0.326 e. The molecule has 0 aliphatic carbocycles. The smallest absolute Gasteiger partial charge is 0.326 e. The predicted octanol–water partition coefficient (Wildman–Crippen LogP) is 0.187. The van der Waals surface area contributed by atoms with Crippen LogP contribution >= 0.6 is 11.3 Å². The van der Waals surface area contributed by atoms with Crippen LogP contribution in [0.4, 0.5) is 9.93 Å². The number of nitrogens with two attached hydrogens (primary N) is 1. The van der Waals surface area contributed by atoms with E-state index in [1.165, 1.54) is 11.3 Å². The molecule has 1 atom stereocenters. The third kappa shape index (κ3) is 6.17. The van der Waals surface area contributed by atoms with E-state index in [1.54, 1.807) is 0 Å². The van der Waals surface area contributed by atoms with E-state index in [0.717, 1.165) is 11.4 Å². The van der Waals surface area contributed by atoms with Crippen LogP contribution in [0.3, 0.4) is 0 Å². The van der Waals surface area contributed by atoms with Crippen molar-refractivity contribution in [2.45, 2.75) is 32.7 Å². The highest BCUT2D eigenvalue weighted by molar-refractivity contribution is 7.15. The number of nitrogens with zero attached hydrogens (tertiary/aromatic N) is 2. The van der Waals surface area contributed by atoms with Gasteiger partial charge < -0.3 is 16.2 Å². The van der Waals surface area contributed by atoms with Gasteiger partial charge in [-0.25, -0.2) is 9.59 Å². The molecule has 3 amide bonds. The van der Waals surface area contributed by atoms with Crippen molar-refractivity contribution in [1.82, 2.24) is 15.5 Å². The van der Waals surface area contributed by atoms with Gasteiger partial charge in [0.15, 0.2) is 0 Å². The maximum absolute atomic E-state index is 11.6. The number of carboxylic acid groups (broad SMARTS) is 1. The summed E-state index contributed by atoms with van der Waals surface area (Å²) in [7, 11) is 0. The lowest BCUT2D eigenvalue weighted by Gasteiger charge is -2.12. The zero-order chi connectivity index (χ0) is 16.0. The Hall–Kier alpha value is -2.23. The van der Waals surface area contributed by atoms with Gasteiger partial charge in [-0.15, -0.1) is 10.2 Å². The molecular formula is C11H17N5O4S. The number of hydrogen-bond acceptors (Lipinski definition) is 6. The van der Waals surface area contributed by atoms with Gasteiger partial charge in [-0.05, 0) is 5.92 Å². The van der Waals surface area contributed by atoms with Gasteiger partial charge in [0, 0.05) is 6.42 Å². The Morgan fingerprint density at radius 3 is 2.52 bits per heavy atom. The lowest BCUT2D eigenvalue weighted by molar-refractivity contribution is -0.140. The third-order valence-corrected chi connectivity index (χ3v) is 3.14. The molecule has 0 unspecified atom stereocenters. The third-order valence-electron chi connectivity index (χ3n) is 2.28. The molecule has 0 aliphatic heterocycles. The topological polar surface area (TPSA) is 147 Å². The largest absolute Gasteiger partial charge is 0.480 e. The Morgan fingerprint density at radius 2 is 2.00 bits per heavy atom. The first-order chi connectivity index (χ1) is 9.77. The van der Waals surface area contributed by atoms with Gasteiger partial charge in [-0.2, -0.15) is 0 Å². The molecule has 0 aromatic carbocycles. The Labute approximate surface area is 124 Å². The lowest BCUT2D eigenvalue weighted by Crippen LogP contribution is -2.45. The highest BCUT2D eigenvalue weighted by atomic mass is 32.1. The molecule has 5 N–H and O–H groups in total. The van der Waals surface area contributed by atoms with Crippen molar-refractivity contribution in [3.63, 3.8) is 0 Å². The second-order valence-corrected chi connectivity index (χ2v) is 5.82. The molecule has 0 bridgehead atoms. The minimum atomic E-state index is -1.38. The molecule has 116 valence electrons. The molecule has 1 heterocycles. The fourth-order valence-corrected chi connectivity index (χ4v) is 2.38. The summed E-state index contributed by atoms with van der Waals surface area (Å²) in [6.45, 7) is 4.06. The molecule has 0 saturated heterocycles. The molecule has 21 heavy (non-hydrogen) atoms. The molecule has 0 spiro atoms. The van der Waals surface area contributed by atoms with Crippen molar-refractivity contribution < 1.29 is 19.5 Å². The van der Waals surface area contributed by atoms with Crippen LogP contribution in [-0.4, -0.2) is 39.3 Å². The monoisotopic (exact) mass is 315 g/mol. The summed E-state index contributed by atoms with van der Waals surface area (Å²) in [6, 6.07) is -2.17. The number of amides is 3. The molecule has 10 heteroatoms. The molecule has 1 aromatic heterocycles. The highest BCUT2D eigenvalue weighted by Crippen LogP contribution is 2.18. The minimum absolute atomic E-state index is 0.256. The van der Waals surface area contributed by atoms with Crippen LogP contribution in [0.1, 0.15) is 25.3 Å². The normalized spacial score (nSPS) is 12.0. The molecule has 0 saturated carbocycles. The summed E-state index contributed by atoms with van der Waals surface area (Å²) in [4.78, 5) is 33.2. The fourth-order valence-electron chi connectivity index (χ4n) is 1.43. The maximum atomic E-state index is 11.6. The van der Waals surface area contributed by atoms with Crippen LogP contribution < -0.4 is 16.4 Å². The van der Waals surface area contributed by atoms with E-state index in [1.807, 2.05) is 13.8 Å². The first-order valence-electron chi connectivity index (χ1n) is 6.19. The van der Waals surface area contributed by atoms with Gasteiger partial charge in [-0.3, -0.25) is 10.1 Å².